The van der Waals surface area contributed by atoms with E-state index in [0.717, 1.165) is 11.8 Å². The number of allylic oxidation sites excluding steroid dienone is 1. The van der Waals surface area contributed by atoms with Crippen molar-refractivity contribution < 1.29 is 27.1 Å². The van der Waals surface area contributed by atoms with E-state index in [4.69, 9.17) is 10.1 Å². The summed E-state index contributed by atoms with van der Waals surface area (Å²) >= 11 is 5.72. The van der Waals surface area contributed by atoms with Gasteiger partial charge in [-0.3, -0.25) is 20.8 Å². The Morgan fingerprint density at radius 1 is 1.24 bits per heavy atom. The van der Waals surface area contributed by atoms with Crippen LogP contribution in [-0.4, -0.2) is 46.1 Å². The fourth-order valence-corrected chi connectivity index (χ4v) is 12.0. The molecule has 0 bridgehead atoms. The van der Waals surface area contributed by atoms with Gasteiger partial charge in [0.1, 0.15) is 26.9 Å². The van der Waals surface area contributed by atoms with E-state index in [9.17, 15) is 27.5 Å². The van der Waals surface area contributed by atoms with Crippen molar-refractivity contribution in [3.63, 3.8) is 0 Å². The van der Waals surface area contributed by atoms with Crippen molar-refractivity contribution in [1.82, 2.24) is 5.32 Å². The topological polar surface area (TPSA) is 169 Å². The van der Waals surface area contributed by atoms with Gasteiger partial charge in [-0.25, -0.2) is 17.4 Å². The van der Waals surface area contributed by atoms with Gasteiger partial charge in [0.05, 0.1) is 23.7 Å². The lowest BCUT2D eigenvalue weighted by Crippen LogP contribution is -2.45. The average molecular weight is 706 g/mol. The van der Waals surface area contributed by atoms with Gasteiger partial charge in [-0.1, -0.05) is 40.2 Å². The molecule has 11 nitrogen and oxygen atoms in total. The zero-order valence-corrected chi connectivity index (χ0v) is 27.6. The van der Waals surface area contributed by atoms with E-state index in [0.29, 0.717) is 8.71 Å². The molecule has 0 aliphatic carbocycles. The van der Waals surface area contributed by atoms with Crippen molar-refractivity contribution in [3.8, 4) is 0 Å². The quantitative estimate of drug-likeness (QED) is 0.132. The monoisotopic (exact) mass is 704 g/mol. The number of alkyl carbamates (subject to hydrolysis) is 1. The number of hydrogen-bond acceptors (Lipinski definition) is 10. The summed E-state index contributed by atoms with van der Waals surface area (Å²) in [6.45, 7) is 6.73. The second-order valence-electron chi connectivity index (χ2n) is 10.1. The van der Waals surface area contributed by atoms with Crippen molar-refractivity contribution in [2.24, 2.45) is 3.77 Å². The van der Waals surface area contributed by atoms with E-state index in [2.05, 4.69) is 25.0 Å². The molecule has 2 N–H and O–H groups in total. The molecule has 2 unspecified atom stereocenters. The largest absolute Gasteiger partial charge is 0.444 e. The van der Waals surface area contributed by atoms with Gasteiger partial charge in [0.15, 0.2) is 0 Å². The first-order valence-electron chi connectivity index (χ1n) is 11.9. The molecule has 0 radical (unpaired) electrons. The fourth-order valence-electron chi connectivity index (χ4n) is 3.78. The van der Waals surface area contributed by atoms with E-state index in [1.54, 1.807) is 46.1 Å². The number of halogens is 1. The summed E-state index contributed by atoms with van der Waals surface area (Å²) in [5.74, 6) is -1.05. The van der Waals surface area contributed by atoms with Crippen LogP contribution in [0.3, 0.4) is 0 Å². The highest BCUT2D eigenvalue weighted by Crippen LogP contribution is 2.54. The minimum absolute atomic E-state index is 0.0711. The van der Waals surface area contributed by atoms with Crippen LogP contribution in [0.25, 0.3) is 0 Å². The van der Waals surface area contributed by atoms with Gasteiger partial charge in [-0.15, -0.1) is 27.3 Å². The maximum Gasteiger partial charge on any atom is 0.413 e. The van der Waals surface area contributed by atoms with Gasteiger partial charge >= 0.3 is 6.09 Å². The van der Waals surface area contributed by atoms with Gasteiger partial charge < -0.3 is 4.74 Å². The number of hydrogen-bond donors (Lipinski definition) is 2. The summed E-state index contributed by atoms with van der Waals surface area (Å²) in [7, 11) is -8.41. The summed E-state index contributed by atoms with van der Waals surface area (Å²) in [6, 6.07) is 11.7. The Hall–Kier alpha value is -2.40. The molecule has 1 amide bonds. The summed E-state index contributed by atoms with van der Waals surface area (Å²) < 4.78 is 50.9. The number of amidine groups is 1. The van der Waals surface area contributed by atoms with Crippen molar-refractivity contribution in [2.75, 3.05) is 6.26 Å². The highest BCUT2D eigenvalue weighted by molar-refractivity contribution is 9.10. The Balaban J connectivity index is 2.12. The number of nitrogens with zero attached hydrogens (tertiary/aromatic N) is 2. The molecule has 41 heavy (non-hydrogen) atoms. The number of rotatable bonds is 8. The van der Waals surface area contributed by atoms with Crippen LogP contribution in [0.1, 0.15) is 39.7 Å². The highest BCUT2D eigenvalue weighted by Gasteiger charge is 2.45. The number of sulfonamides is 1. The smallest absolute Gasteiger partial charge is 0.413 e. The van der Waals surface area contributed by atoms with Crippen molar-refractivity contribution in [1.29, 1.82) is 5.41 Å². The van der Waals surface area contributed by atoms with Crippen LogP contribution in [-0.2, 0) is 30.2 Å². The lowest BCUT2D eigenvalue weighted by molar-refractivity contribution is -0.385. The minimum Gasteiger partial charge on any atom is -0.444 e. The molecule has 2 aromatic rings. The lowest BCUT2D eigenvalue weighted by Gasteiger charge is -2.26. The van der Waals surface area contributed by atoms with Gasteiger partial charge in [0.2, 0.25) is 0 Å². The molecule has 1 aliphatic heterocycles. The van der Waals surface area contributed by atoms with E-state index < -0.39 is 52.6 Å². The van der Waals surface area contributed by atoms with E-state index in [1.807, 2.05) is 0 Å². The first kappa shape index (κ1) is 33.1. The summed E-state index contributed by atoms with van der Waals surface area (Å²) in [5, 5.41) is 22.5. The number of carbonyl (C=O) groups is 1. The molecule has 1 heterocycles. The summed E-state index contributed by atoms with van der Waals surface area (Å²) in [5.41, 5.74) is -1.28. The molecule has 2 atom stereocenters. The Labute approximate surface area is 256 Å². The predicted molar refractivity (Wildman–Crippen MR) is 167 cm³/mol. The molecule has 1 aliphatic rings. The number of amides is 1. The van der Waals surface area contributed by atoms with Crippen LogP contribution >= 0.6 is 39.5 Å². The SMILES string of the molecule is CSC1=C(S(=O)(=NS(=O)(=O)Cc2ccccc2[N+](=O)[O-])c2cccc(Br)c2)CC(C)(C(=N)NC(=O)OC(C)(C)C)S1. The molecule has 2 aromatic carbocycles. The Morgan fingerprint density at radius 3 is 2.49 bits per heavy atom. The van der Waals surface area contributed by atoms with Crippen LogP contribution in [0, 0.1) is 15.5 Å². The van der Waals surface area contributed by atoms with Gasteiger partial charge in [-0.05, 0) is 52.1 Å². The van der Waals surface area contributed by atoms with Gasteiger partial charge in [0, 0.05) is 22.5 Å². The number of benzene rings is 2. The van der Waals surface area contributed by atoms with Crippen LogP contribution in [0.15, 0.2) is 70.8 Å². The van der Waals surface area contributed by atoms with Crippen molar-refractivity contribution in [3.05, 3.63) is 77.8 Å². The highest BCUT2D eigenvalue weighted by atomic mass is 79.9. The van der Waals surface area contributed by atoms with Crippen LogP contribution < -0.4 is 5.32 Å². The third-order valence-corrected chi connectivity index (χ3v) is 13.3. The Bertz CT molecular complexity index is 1660. The lowest BCUT2D eigenvalue weighted by atomic mass is 10.1. The van der Waals surface area contributed by atoms with Crippen LogP contribution in [0.2, 0.25) is 0 Å². The molecule has 0 saturated carbocycles. The third kappa shape index (κ3) is 8.12. The average Bonchev–Trinajstić information content (AvgIpc) is 3.21. The minimum atomic E-state index is -4.54. The van der Waals surface area contributed by atoms with Crippen LogP contribution in [0.4, 0.5) is 10.5 Å². The standard InChI is InChI=1S/C25H29BrN4O7S4/c1-24(2,3)37-23(31)28-22(27)25(4)14-20(21(38-5)39-25)41(36,18-11-8-10-17(26)13-18)29-40(34,35)15-16-9-6-7-12-19(16)30(32)33/h6-13H,14-15H2,1-5H3,(H2,27,28,31). The zero-order chi connectivity index (χ0) is 30.8. The number of thioether (sulfide) groups is 2. The van der Waals surface area contributed by atoms with E-state index in [-0.39, 0.29) is 27.6 Å². The number of nitrogens with one attached hydrogen (secondary N) is 2. The summed E-state index contributed by atoms with van der Waals surface area (Å²) in [4.78, 5) is 23.5. The first-order valence-corrected chi connectivity index (χ1v) is 17.9. The molecule has 222 valence electrons. The van der Waals surface area contributed by atoms with Crippen molar-refractivity contribution >= 4 is 76.8 Å². The van der Waals surface area contributed by atoms with E-state index >= 15 is 0 Å². The number of para-hydroxylation sites is 1. The number of ether oxygens (including phenoxy) is 1. The molecular formula is C25H29BrN4O7S4. The maximum atomic E-state index is 14.9. The van der Waals surface area contributed by atoms with Gasteiger partial charge in [-0.2, -0.15) is 0 Å². The molecule has 16 heteroatoms. The van der Waals surface area contributed by atoms with Crippen molar-refractivity contribution in [2.45, 2.75) is 55.1 Å². The fraction of sp³-hybridized carbons (Fsp3) is 0.360. The summed E-state index contributed by atoms with van der Waals surface area (Å²) in [6.07, 6.45) is 0.827. The number of nitro benzene ring substituents is 1. The second-order valence-corrected chi connectivity index (χ2v) is 17.7. The molecule has 0 fully saturated rings. The van der Waals surface area contributed by atoms with E-state index in [1.165, 1.54) is 48.2 Å². The zero-order valence-electron chi connectivity index (χ0n) is 22.8. The maximum absolute atomic E-state index is 14.9. The molecular weight excluding hydrogens is 676 g/mol. The number of carbonyl (C=O) groups excluding carboxylic acids is 1. The second kappa shape index (κ2) is 12.5. The molecule has 0 aromatic heterocycles. The Kier molecular flexibility index (Phi) is 10.1. The number of nitro groups is 1. The first-order chi connectivity index (χ1) is 18.9. The molecule has 0 spiro atoms. The predicted octanol–water partition coefficient (Wildman–Crippen LogP) is 6.64. The Morgan fingerprint density at radius 2 is 1.90 bits per heavy atom. The normalized spacial score (nSPS) is 18.9. The molecule has 0 saturated heterocycles. The van der Waals surface area contributed by atoms with Gasteiger partial charge in [0.25, 0.3) is 15.7 Å². The van der Waals surface area contributed by atoms with Crippen LogP contribution in [0.5, 0.6) is 0 Å². The molecule has 3 rings (SSSR count). The third-order valence-electron chi connectivity index (χ3n) is 5.58.